The van der Waals surface area contributed by atoms with Gasteiger partial charge in [-0.3, -0.25) is 14.7 Å². The minimum atomic E-state index is -0.737. The molecule has 2 aromatic rings. The Hall–Kier alpha value is -2.20. The fourth-order valence-corrected chi connectivity index (χ4v) is 5.16. The van der Waals surface area contributed by atoms with Gasteiger partial charge in [-0.1, -0.05) is 49.2 Å². The Bertz CT molecular complexity index is 836. The molecular formula is C26H34N2O2. The number of benzene rings is 1. The van der Waals surface area contributed by atoms with Crippen molar-refractivity contribution in [3.63, 3.8) is 0 Å². The highest BCUT2D eigenvalue weighted by Crippen LogP contribution is 2.30. The number of hydrogen-bond donors (Lipinski definition) is 1. The van der Waals surface area contributed by atoms with E-state index in [1.165, 1.54) is 61.9 Å². The Labute approximate surface area is 180 Å². The highest BCUT2D eigenvalue weighted by atomic mass is 16.4. The van der Waals surface area contributed by atoms with Crippen molar-refractivity contribution in [3.8, 4) is 0 Å². The Balaban J connectivity index is 1.19. The molecule has 2 heterocycles. The molecule has 4 rings (SSSR count). The number of hydrogen-bond acceptors (Lipinski definition) is 3. The number of nitrogens with zero attached hydrogens (tertiary/aromatic N) is 2. The number of unbranched alkanes of at least 4 members (excludes halogenated alkanes) is 2. The summed E-state index contributed by atoms with van der Waals surface area (Å²) in [6.45, 7) is 1.79. The summed E-state index contributed by atoms with van der Waals surface area (Å²) >= 11 is 0. The summed E-state index contributed by atoms with van der Waals surface area (Å²) in [4.78, 5) is 18.9. The first-order valence-electron chi connectivity index (χ1n) is 11.7. The molecule has 1 aromatic carbocycles. The highest BCUT2D eigenvalue weighted by Gasteiger charge is 2.33. The average Bonchev–Trinajstić information content (AvgIpc) is 3.22. The van der Waals surface area contributed by atoms with Crippen LogP contribution in [-0.2, 0) is 24.1 Å². The van der Waals surface area contributed by atoms with Gasteiger partial charge in [0.05, 0.1) is 0 Å². The molecule has 0 radical (unpaired) electrons. The SMILES string of the molecule is O=C(O)C(c1ccccc1)N1CC[C@@H](CCCCCc2ccc3c(n2)CCCC3)C1. The van der Waals surface area contributed by atoms with Crippen LogP contribution in [0.15, 0.2) is 42.5 Å². The summed E-state index contributed by atoms with van der Waals surface area (Å²) < 4.78 is 0. The van der Waals surface area contributed by atoms with Crippen molar-refractivity contribution < 1.29 is 9.90 Å². The molecule has 4 heteroatoms. The van der Waals surface area contributed by atoms with E-state index in [-0.39, 0.29) is 0 Å². The van der Waals surface area contributed by atoms with Gasteiger partial charge in [-0.05, 0) is 81.0 Å². The number of aryl methyl sites for hydroxylation is 3. The third kappa shape index (κ3) is 5.28. The lowest BCUT2D eigenvalue weighted by atomic mass is 9.95. The van der Waals surface area contributed by atoms with Gasteiger partial charge in [0.15, 0.2) is 0 Å². The number of aromatic nitrogens is 1. The second-order valence-electron chi connectivity index (χ2n) is 9.02. The van der Waals surface area contributed by atoms with Crippen LogP contribution in [-0.4, -0.2) is 34.0 Å². The van der Waals surface area contributed by atoms with Crippen molar-refractivity contribution in [2.45, 2.75) is 70.3 Å². The monoisotopic (exact) mass is 406 g/mol. The van der Waals surface area contributed by atoms with E-state index >= 15 is 0 Å². The van der Waals surface area contributed by atoms with Crippen molar-refractivity contribution in [3.05, 3.63) is 65.0 Å². The Morgan fingerprint density at radius 2 is 1.90 bits per heavy atom. The van der Waals surface area contributed by atoms with Gasteiger partial charge in [0.2, 0.25) is 0 Å². The smallest absolute Gasteiger partial charge is 0.325 e. The van der Waals surface area contributed by atoms with Gasteiger partial charge in [-0.15, -0.1) is 0 Å². The summed E-state index contributed by atoms with van der Waals surface area (Å²) in [6.07, 6.45) is 12.0. The number of carboxylic acid groups (broad SMARTS) is 1. The summed E-state index contributed by atoms with van der Waals surface area (Å²) in [7, 11) is 0. The molecule has 160 valence electrons. The predicted molar refractivity (Wildman–Crippen MR) is 120 cm³/mol. The van der Waals surface area contributed by atoms with Gasteiger partial charge in [0.1, 0.15) is 6.04 Å². The summed E-state index contributed by atoms with van der Waals surface area (Å²) in [5.41, 5.74) is 4.96. The molecule has 1 unspecified atom stereocenters. The van der Waals surface area contributed by atoms with E-state index in [1.54, 1.807) is 0 Å². The minimum absolute atomic E-state index is 0.508. The molecule has 1 aliphatic carbocycles. The summed E-state index contributed by atoms with van der Waals surface area (Å²) in [5, 5.41) is 9.75. The van der Waals surface area contributed by atoms with Gasteiger partial charge < -0.3 is 5.11 Å². The molecule has 0 spiro atoms. The molecule has 1 N–H and O–H groups in total. The van der Waals surface area contributed by atoms with Crippen LogP contribution in [0.3, 0.4) is 0 Å². The molecule has 1 fully saturated rings. The zero-order valence-corrected chi connectivity index (χ0v) is 17.9. The number of rotatable bonds is 9. The van der Waals surface area contributed by atoms with E-state index in [4.69, 9.17) is 4.98 Å². The second kappa shape index (κ2) is 10.2. The van der Waals surface area contributed by atoms with Crippen molar-refractivity contribution in [2.75, 3.05) is 13.1 Å². The Morgan fingerprint density at radius 3 is 2.73 bits per heavy atom. The first-order chi connectivity index (χ1) is 14.7. The molecule has 0 bridgehead atoms. The normalized spacial score (nSPS) is 20.1. The van der Waals surface area contributed by atoms with Gasteiger partial charge >= 0.3 is 5.97 Å². The van der Waals surface area contributed by atoms with Crippen LogP contribution in [0.4, 0.5) is 0 Å². The molecular weight excluding hydrogens is 372 g/mol. The topological polar surface area (TPSA) is 53.4 Å². The number of pyridine rings is 1. The van der Waals surface area contributed by atoms with Gasteiger partial charge in [0, 0.05) is 17.9 Å². The number of fused-ring (bicyclic) bond motifs is 1. The molecule has 1 aromatic heterocycles. The second-order valence-corrected chi connectivity index (χ2v) is 9.02. The maximum absolute atomic E-state index is 11.9. The van der Waals surface area contributed by atoms with Crippen LogP contribution in [0.25, 0.3) is 0 Å². The number of aliphatic carboxylic acids is 1. The standard InChI is InChI=1S/C26H34N2O2/c29-26(30)25(22-11-4-2-5-12-22)28-18-17-20(19-28)9-3-1-6-13-23-16-15-21-10-7-8-14-24(21)27-23/h2,4-5,11-12,15-16,20,25H,1,3,6-10,13-14,17-19H2,(H,29,30)/t20-,25?/m1/s1. The van der Waals surface area contributed by atoms with Crippen LogP contribution >= 0.6 is 0 Å². The number of carbonyl (C=O) groups is 1. The van der Waals surface area contributed by atoms with E-state index in [1.807, 2.05) is 30.3 Å². The van der Waals surface area contributed by atoms with Gasteiger partial charge in [-0.2, -0.15) is 0 Å². The third-order valence-electron chi connectivity index (χ3n) is 6.81. The largest absolute Gasteiger partial charge is 0.480 e. The molecule has 0 saturated carbocycles. The van der Waals surface area contributed by atoms with Crippen LogP contribution in [0.2, 0.25) is 0 Å². The Kier molecular flexibility index (Phi) is 7.16. The third-order valence-corrected chi connectivity index (χ3v) is 6.81. The van der Waals surface area contributed by atoms with Crippen molar-refractivity contribution in [1.82, 2.24) is 9.88 Å². The van der Waals surface area contributed by atoms with Crippen molar-refractivity contribution >= 4 is 5.97 Å². The number of likely N-dealkylation sites (tertiary alicyclic amines) is 1. The molecule has 2 aliphatic rings. The number of carboxylic acids is 1. The van der Waals surface area contributed by atoms with Gasteiger partial charge in [0.25, 0.3) is 0 Å². The molecule has 4 nitrogen and oxygen atoms in total. The van der Waals surface area contributed by atoms with Crippen molar-refractivity contribution in [2.24, 2.45) is 5.92 Å². The van der Waals surface area contributed by atoms with E-state index < -0.39 is 12.0 Å². The minimum Gasteiger partial charge on any atom is -0.480 e. The lowest BCUT2D eigenvalue weighted by Crippen LogP contribution is -2.32. The van der Waals surface area contributed by atoms with Crippen LogP contribution in [0.1, 0.15) is 73.5 Å². The highest BCUT2D eigenvalue weighted by molar-refractivity contribution is 5.75. The fraction of sp³-hybridized carbons (Fsp3) is 0.538. The van der Waals surface area contributed by atoms with Crippen LogP contribution < -0.4 is 0 Å². The van der Waals surface area contributed by atoms with E-state index in [2.05, 4.69) is 17.0 Å². The van der Waals surface area contributed by atoms with Crippen LogP contribution in [0.5, 0.6) is 0 Å². The summed E-state index contributed by atoms with van der Waals surface area (Å²) in [5.74, 6) is -0.114. The molecule has 30 heavy (non-hydrogen) atoms. The van der Waals surface area contributed by atoms with Gasteiger partial charge in [-0.25, -0.2) is 0 Å². The Morgan fingerprint density at radius 1 is 1.07 bits per heavy atom. The van der Waals surface area contributed by atoms with Crippen LogP contribution in [0, 0.1) is 5.92 Å². The molecule has 0 amide bonds. The van der Waals surface area contributed by atoms with E-state index in [9.17, 15) is 9.90 Å². The average molecular weight is 407 g/mol. The first-order valence-corrected chi connectivity index (χ1v) is 11.7. The molecule has 1 saturated heterocycles. The predicted octanol–water partition coefficient (Wildman–Crippen LogP) is 5.21. The zero-order valence-electron chi connectivity index (χ0n) is 17.9. The quantitative estimate of drug-likeness (QED) is 0.581. The molecule has 2 atom stereocenters. The summed E-state index contributed by atoms with van der Waals surface area (Å²) in [6, 6.07) is 13.7. The van der Waals surface area contributed by atoms with Crippen molar-refractivity contribution in [1.29, 1.82) is 0 Å². The van der Waals surface area contributed by atoms with E-state index in [0.717, 1.165) is 37.9 Å². The molecule has 1 aliphatic heterocycles. The van der Waals surface area contributed by atoms with E-state index in [0.29, 0.717) is 5.92 Å². The fourth-order valence-electron chi connectivity index (χ4n) is 5.16. The lowest BCUT2D eigenvalue weighted by Gasteiger charge is -2.24. The lowest BCUT2D eigenvalue weighted by molar-refractivity contribution is -0.143. The maximum Gasteiger partial charge on any atom is 0.325 e. The zero-order chi connectivity index (χ0) is 20.8. The first kappa shape index (κ1) is 21.0. The maximum atomic E-state index is 11.9.